The number of ether oxygens (including phenoxy) is 1. The number of hydrogen-bond acceptors (Lipinski definition) is 1. The summed E-state index contributed by atoms with van der Waals surface area (Å²) >= 11 is 2.19. The highest BCUT2D eigenvalue weighted by molar-refractivity contribution is 9.10. The first-order valence-corrected chi connectivity index (χ1v) is 6.36. The van der Waals surface area contributed by atoms with Crippen molar-refractivity contribution in [3.8, 4) is 16.9 Å². The predicted molar refractivity (Wildman–Crippen MR) is 65.8 cm³/mol. The molecular formula is C13H3BrF8O. The Morgan fingerprint density at radius 3 is 1.17 bits per heavy atom. The predicted octanol–water partition coefficient (Wildman–Crippen LogP) is 5.24. The average molecular weight is 407 g/mol. The van der Waals surface area contributed by atoms with Gasteiger partial charge in [0.05, 0.1) is 22.7 Å². The minimum Gasteiger partial charge on any atom is -0.491 e. The van der Waals surface area contributed by atoms with Gasteiger partial charge in [-0.05, 0) is 15.9 Å². The van der Waals surface area contributed by atoms with E-state index in [-0.39, 0.29) is 0 Å². The topological polar surface area (TPSA) is 9.23 Å². The SMILES string of the molecule is COc1c(F)c(F)c(-c2c(F)c(F)c(Br)c(F)c2F)c(F)c1F. The van der Waals surface area contributed by atoms with Gasteiger partial charge in [0.25, 0.3) is 0 Å². The maximum atomic E-state index is 13.8. The summed E-state index contributed by atoms with van der Waals surface area (Å²) in [6, 6.07) is 0. The maximum absolute atomic E-state index is 13.8. The second-order valence-corrected chi connectivity index (χ2v) is 4.90. The van der Waals surface area contributed by atoms with Crippen molar-refractivity contribution >= 4 is 15.9 Å². The maximum Gasteiger partial charge on any atom is 0.204 e. The van der Waals surface area contributed by atoms with Gasteiger partial charge in [0, 0.05) is 0 Å². The van der Waals surface area contributed by atoms with Gasteiger partial charge < -0.3 is 4.74 Å². The van der Waals surface area contributed by atoms with Crippen LogP contribution in [-0.4, -0.2) is 7.11 Å². The van der Waals surface area contributed by atoms with Crippen molar-refractivity contribution in [3.63, 3.8) is 0 Å². The molecule has 0 amide bonds. The Labute approximate surface area is 131 Å². The van der Waals surface area contributed by atoms with Crippen molar-refractivity contribution < 1.29 is 39.9 Å². The van der Waals surface area contributed by atoms with Gasteiger partial charge in [-0.3, -0.25) is 0 Å². The molecule has 2 aromatic carbocycles. The summed E-state index contributed by atoms with van der Waals surface area (Å²) in [5.41, 5.74) is -3.88. The number of halogens is 9. The quantitative estimate of drug-likeness (QED) is 0.376. The average Bonchev–Trinajstić information content (AvgIpc) is 2.53. The van der Waals surface area contributed by atoms with E-state index in [1.54, 1.807) is 0 Å². The van der Waals surface area contributed by atoms with E-state index in [4.69, 9.17) is 0 Å². The third kappa shape index (κ3) is 2.44. The van der Waals surface area contributed by atoms with E-state index in [1.165, 1.54) is 0 Å². The minimum atomic E-state index is -2.28. The summed E-state index contributed by atoms with van der Waals surface area (Å²) in [4.78, 5) is 0. The van der Waals surface area contributed by atoms with Gasteiger partial charge in [-0.25, -0.2) is 26.3 Å². The molecule has 0 N–H and O–H groups in total. The van der Waals surface area contributed by atoms with Crippen LogP contribution in [-0.2, 0) is 0 Å². The molecule has 0 unspecified atom stereocenters. The third-order valence-corrected chi connectivity index (χ3v) is 3.58. The summed E-state index contributed by atoms with van der Waals surface area (Å²) < 4.78 is 112. The lowest BCUT2D eigenvalue weighted by Gasteiger charge is -2.13. The van der Waals surface area contributed by atoms with Crippen LogP contribution in [0.5, 0.6) is 5.75 Å². The Balaban J connectivity index is 3.01. The van der Waals surface area contributed by atoms with Crippen LogP contribution in [0, 0.1) is 46.5 Å². The Morgan fingerprint density at radius 2 is 0.870 bits per heavy atom. The van der Waals surface area contributed by atoms with Crippen molar-refractivity contribution in [1.82, 2.24) is 0 Å². The standard InChI is InChI=1S/C13H3BrF8O/c1-23-13-11(21)7(17)3(8(18)12(13)22)2-5(15)9(19)4(14)10(20)6(2)16/h1H3. The molecule has 1 nitrogen and oxygen atoms in total. The summed E-state index contributed by atoms with van der Waals surface area (Å²) in [5, 5.41) is 0. The van der Waals surface area contributed by atoms with Gasteiger partial charge in [0.1, 0.15) is 0 Å². The monoisotopic (exact) mass is 406 g/mol. The fourth-order valence-corrected chi connectivity index (χ4v) is 2.18. The molecule has 124 valence electrons. The fourth-order valence-electron chi connectivity index (χ4n) is 1.83. The van der Waals surface area contributed by atoms with Crippen LogP contribution in [0.4, 0.5) is 35.1 Å². The van der Waals surface area contributed by atoms with Gasteiger partial charge in [-0.15, -0.1) is 0 Å². The molecule has 0 saturated carbocycles. The molecule has 0 spiro atoms. The lowest BCUT2D eigenvalue weighted by atomic mass is 10.0. The zero-order chi connectivity index (χ0) is 17.6. The van der Waals surface area contributed by atoms with Crippen molar-refractivity contribution in [3.05, 3.63) is 51.0 Å². The molecule has 0 aliphatic heterocycles. The molecule has 0 radical (unpaired) electrons. The first-order chi connectivity index (χ1) is 10.6. The van der Waals surface area contributed by atoms with Gasteiger partial charge in [-0.1, -0.05) is 0 Å². The molecule has 0 bridgehead atoms. The van der Waals surface area contributed by atoms with Crippen LogP contribution < -0.4 is 4.74 Å². The fraction of sp³-hybridized carbons (Fsp3) is 0.0769. The van der Waals surface area contributed by atoms with Crippen LogP contribution in [0.15, 0.2) is 4.47 Å². The summed E-state index contributed by atoms with van der Waals surface area (Å²) in [6.45, 7) is 0. The molecule has 23 heavy (non-hydrogen) atoms. The minimum absolute atomic E-state index is 0.681. The van der Waals surface area contributed by atoms with E-state index in [1.807, 2.05) is 0 Å². The molecule has 0 saturated heterocycles. The van der Waals surface area contributed by atoms with Crippen molar-refractivity contribution in [2.24, 2.45) is 0 Å². The van der Waals surface area contributed by atoms with E-state index < -0.39 is 67.9 Å². The second kappa shape index (κ2) is 5.99. The van der Waals surface area contributed by atoms with Gasteiger partial charge in [0.2, 0.25) is 11.6 Å². The molecule has 0 atom stereocenters. The van der Waals surface area contributed by atoms with Crippen LogP contribution in [0.2, 0.25) is 0 Å². The molecule has 2 aromatic rings. The van der Waals surface area contributed by atoms with E-state index in [2.05, 4.69) is 20.7 Å². The summed E-state index contributed by atoms with van der Waals surface area (Å²) in [5.74, 6) is -18.8. The van der Waals surface area contributed by atoms with Crippen LogP contribution >= 0.6 is 15.9 Å². The number of methoxy groups -OCH3 is 1. The number of rotatable bonds is 2. The van der Waals surface area contributed by atoms with Crippen LogP contribution in [0.1, 0.15) is 0 Å². The van der Waals surface area contributed by atoms with E-state index in [0.717, 1.165) is 0 Å². The Morgan fingerprint density at radius 1 is 0.565 bits per heavy atom. The van der Waals surface area contributed by atoms with Crippen molar-refractivity contribution in [1.29, 1.82) is 0 Å². The zero-order valence-corrected chi connectivity index (χ0v) is 12.4. The summed E-state index contributed by atoms with van der Waals surface area (Å²) in [6.07, 6.45) is 0. The van der Waals surface area contributed by atoms with Crippen molar-refractivity contribution in [2.75, 3.05) is 7.11 Å². The van der Waals surface area contributed by atoms with Crippen LogP contribution in [0.25, 0.3) is 11.1 Å². The highest BCUT2D eigenvalue weighted by Gasteiger charge is 2.33. The Hall–Kier alpha value is -1.84. The van der Waals surface area contributed by atoms with Crippen molar-refractivity contribution in [2.45, 2.75) is 0 Å². The summed E-state index contributed by atoms with van der Waals surface area (Å²) in [7, 11) is 0.681. The van der Waals surface area contributed by atoms with Gasteiger partial charge in [0.15, 0.2) is 40.7 Å². The molecule has 0 heterocycles. The first kappa shape index (κ1) is 17.5. The normalized spacial score (nSPS) is 11.0. The van der Waals surface area contributed by atoms with E-state index >= 15 is 0 Å². The first-order valence-electron chi connectivity index (χ1n) is 5.56. The van der Waals surface area contributed by atoms with E-state index in [0.29, 0.717) is 7.11 Å². The highest BCUT2D eigenvalue weighted by atomic mass is 79.9. The van der Waals surface area contributed by atoms with Gasteiger partial charge >= 0.3 is 0 Å². The lowest BCUT2D eigenvalue weighted by molar-refractivity contribution is 0.333. The smallest absolute Gasteiger partial charge is 0.204 e. The third-order valence-electron chi connectivity index (χ3n) is 2.89. The van der Waals surface area contributed by atoms with Gasteiger partial charge in [-0.2, -0.15) is 8.78 Å². The largest absolute Gasteiger partial charge is 0.491 e. The highest BCUT2D eigenvalue weighted by Crippen LogP contribution is 2.40. The lowest BCUT2D eigenvalue weighted by Crippen LogP contribution is -2.08. The molecule has 0 fully saturated rings. The number of benzene rings is 2. The molecule has 10 heteroatoms. The Bertz CT molecular complexity index is 763. The molecule has 0 aliphatic carbocycles. The number of hydrogen-bond donors (Lipinski definition) is 0. The van der Waals surface area contributed by atoms with Crippen LogP contribution in [0.3, 0.4) is 0 Å². The molecular weight excluding hydrogens is 404 g/mol. The molecule has 2 rings (SSSR count). The molecule has 0 aromatic heterocycles. The molecule has 0 aliphatic rings. The second-order valence-electron chi connectivity index (χ2n) is 4.11. The Kier molecular flexibility index (Phi) is 4.56. The zero-order valence-electron chi connectivity index (χ0n) is 10.8. The van der Waals surface area contributed by atoms with E-state index in [9.17, 15) is 35.1 Å².